The normalized spacial score (nSPS) is 20.4. The van der Waals surface area contributed by atoms with Gasteiger partial charge < -0.3 is 16.2 Å². The van der Waals surface area contributed by atoms with Gasteiger partial charge in [-0.3, -0.25) is 19.3 Å². The second-order valence-electron chi connectivity index (χ2n) is 6.57. The molecule has 154 valence electrons. The SMILES string of the molecule is Nc1nc(C(=O)C(=O)NC2C(=O)N3C(C(=O)O)=C(C[n+]4ccccc4)CSC23)cs1. The molecule has 4 N–H and O–H groups in total. The first-order valence-electron chi connectivity index (χ1n) is 8.77. The zero-order valence-electron chi connectivity index (χ0n) is 15.3. The highest BCUT2D eigenvalue weighted by Crippen LogP contribution is 2.40. The van der Waals surface area contributed by atoms with Crippen molar-refractivity contribution in [3.63, 3.8) is 0 Å². The third-order valence-corrected chi connectivity index (χ3v) is 6.66. The van der Waals surface area contributed by atoms with Gasteiger partial charge in [-0.1, -0.05) is 6.07 Å². The van der Waals surface area contributed by atoms with Gasteiger partial charge in [0.2, 0.25) is 0 Å². The lowest BCUT2D eigenvalue weighted by Gasteiger charge is -2.49. The number of nitrogens with one attached hydrogen (secondary N) is 1. The highest BCUT2D eigenvalue weighted by molar-refractivity contribution is 8.00. The highest BCUT2D eigenvalue weighted by Gasteiger charge is 2.54. The molecule has 2 aliphatic rings. The van der Waals surface area contributed by atoms with Crippen LogP contribution in [0, 0.1) is 0 Å². The molecule has 2 aromatic heterocycles. The molecule has 0 saturated carbocycles. The second kappa shape index (κ2) is 7.88. The molecule has 12 heteroatoms. The van der Waals surface area contributed by atoms with Crippen LogP contribution in [0.4, 0.5) is 5.13 Å². The molecule has 0 radical (unpaired) electrons. The monoisotopic (exact) mass is 446 g/mol. The fourth-order valence-electron chi connectivity index (χ4n) is 3.28. The van der Waals surface area contributed by atoms with E-state index in [0.717, 1.165) is 11.3 Å². The van der Waals surface area contributed by atoms with Crippen LogP contribution in [-0.4, -0.2) is 55.7 Å². The topological polar surface area (TPSA) is 147 Å². The van der Waals surface area contributed by atoms with Gasteiger partial charge in [0.15, 0.2) is 24.1 Å². The minimum atomic E-state index is -1.21. The maximum atomic E-state index is 12.7. The van der Waals surface area contributed by atoms with Gasteiger partial charge in [0, 0.05) is 28.8 Å². The van der Waals surface area contributed by atoms with Crippen molar-refractivity contribution < 1.29 is 28.9 Å². The Morgan fingerprint density at radius 2 is 2.03 bits per heavy atom. The summed E-state index contributed by atoms with van der Waals surface area (Å²) >= 11 is 2.36. The number of pyridine rings is 1. The number of Topliss-reactive ketones (excluding diaryl/α,β-unsaturated/α-hetero) is 1. The standard InChI is InChI=1S/C18H15N5O5S2/c19-18-20-10(8-30-18)13(24)14(25)21-11-15(26)23-12(17(27)28)9(7-29-16(11)23)6-22-4-2-1-3-5-22/h1-5,8,11,16H,6-7H2,(H3-,19,20,21,25,27,28)/p+1. The van der Waals surface area contributed by atoms with Crippen LogP contribution in [0.25, 0.3) is 0 Å². The Morgan fingerprint density at radius 3 is 2.67 bits per heavy atom. The van der Waals surface area contributed by atoms with Gasteiger partial charge in [-0.2, -0.15) is 0 Å². The first kappa shape index (κ1) is 20.0. The van der Waals surface area contributed by atoms with E-state index in [0.29, 0.717) is 17.9 Å². The van der Waals surface area contributed by atoms with Crippen molar-refractivity contribution in [3.8, 4) is 0 Å². The Labute approximate surface area is 178 Å². The quantitative estimate of drug-likeness (QED) is 0.236. The number of thioether (sulfide) groups is 1. The average Bonchev–Trinajstić information content (AvgIpc) is 3.17. The van der Waals surface area contributed by atoms with Crippen molar-refractivity contribution in [2.75, 3.05) is 11.5 Å². The number of carbonyl (C=O) groups excluding carboxylic acids is 3. The number of carbonyl (C=O) groups is 4. The summed E-state index contributed by atoms with van der Waals surface area (Å²) in [5.41, 5.74) is 5.89. The zero-order chi connectivity index (χ0) is 21.4. The maximum absolute atomic E-state index is 12.7. The number of rotatable bonds is 6. The zero-order valence-corrected chi connectivity index (χ0v) is 17.0. The number of aromatic nitrogens is 2. The largest absolute Gasteiger partial charge is 0.477 e. The predicted molar refractivity (Wildman–Crippen MR) is 107 cm³/mol. The Kier molecular flexibility index (Phi) is 5.26. The lowest BCUT2D eigenvalue weighted by atomic mass is 10.0. The van der Waals surface area contributed by atoms with Crippen LogP contribution >= 0.6 is 23.1 Å². The maximum Gasteiger partial charge on any atom is 0.352 e. The molecule has 0 aromatic carbocycles. The molecule has 0 bridgehead atoms. The van der Waals surface area contributed by atoms with E-state index in [9.17, 15) is 24.3 Å². The van der Waals surface area contributed by atoms with Gasteiger partial charge in [-0.05, 0) is 0 Å². The molecule has 30 heavy (non-hydrogen) atoms. The molecule has 0 aliphatic carbocycles. The molecule has 0 spiro atoms. The summed E-state index contributed by atoms with van der Waals surface area (Å²) in [6, 6.07) is 4.52. The van der Waals surface area contributed by atoms with E-state index in [1.165, 1.54) is 22.0 Å². The van der Waals surface area contributed by atoms with Crippen molar-refractivity contribution in [1.82, 2.24) is 15.2 Å². The third kappa shape index (κ3) is 3.55. The number of ketones is 1. The fraction of sp³-hybridized carbons (Fsp3) is 0.222. The van der Waals surface area contributed by atoms with Crippen molar-refractivity contribution in [2.24, 2.45) is 0 Å². The van der Waals surface area contributed by atoms with E-state index in [-0.39, 0.29) is 16.5 Å². The first-order chi connectivity index (χ1) is 14.4. The summed E-state index contributed by atoms with van der Waals surface area (Å²) in [5, 5.41) is 13.0. The number of hydrogen-bond donors (Lipinski definition) is 3. The number of β-lactam (4-membered cyclic amide) rings is 1. The van der Waals surface area contributed by atoms with Crippen LogP contribution in [0.5, 0.6) is 0 Å². The molecular weight excluding hydrogens is 430 g/mol. The van der Waals surface area contributed by atoms with Gasteiger partial charge in [0.25, 0.3) is 17.6 Å². The van der Waals surface area contributed by atoms with Crippen molar-refractivity contribution in [3.05, 3.63) is 52.9 Å². The fourth-order valence-corrected chi connectivity index (χ4v) is 5.16. The van der Waals surface area contributed by atoms with Crippen LogP contribution in [-0.2, 0) is 20.9 Å². The van der Waals surface area contributed by atoms with E-state index < -0.39 is 35.0 Å². The number of aliphatic carboxylic acids is 1. The number of fused-ring (bicyclic) bond motifs is 1. The Morgan fingerprint density at radius 1 is 1.30 bits per heavy atom. The van der Waals surface area contributed by atoms with E-state index in [1.807, 2.05) is 22.8 Å². The van der Waals surface area contributed by atoms with E-state index in [2.05, 4.69) is 10.3 Å². The van der Waals surface area contributed by atoms with Crippen molar-refractivity contribution in [1.29, 1.82) is 0 Å². The predicted octanol–water partition coefficient (Wildman–Crippen LogP) is -0.366. The summed E-state index contributed by atoms with van der Waals surface area (Å²) in [6.07, 6.45) is 3.61. The molecule has 1 saturated heterocycles. The number of thiazole rings is 1. The number of amides is 2. The molecule has 10 nitrogen and oxygen atoms in total. The summed E-state index contributed by atoms with van der Waals surface area (Å²) in [6.45, 7) is 0.326. The van der Waals surface area contributed by atoms with E-state index in [1.54, 1.807) is 12.4 Å². The number of nitrogens with zero attached hydrogens (tertiary/aromatic N) is 3. The molecular formula is C18H16N5O5S2+. The molecule has 1 fully saturated rings. The lowest BCUT2D eigenvalue weighted by molar-refractivity contribution is -0.689. The van der Waals surface area contributed by atoms with Gasteiger partial charge in [-0.25, -0.2) is 14.3 Å². The number of anilines is 1. The van der Waals surface area contributed by atoms with Gasteiger partial charge in [0.1, 0.15) is 22.8 Å². The summed E-state index contributed by atoms with van der Waals surface area (Å²) < 4.78 is 1.82. The van der Waals surface area contributed by atoms with Gasteiger partial charge in [0.05, 0.1) is 0 Å². The van der Waals surface area contributed by atoms with E-state index in [4.69, 9.17) is 5.73 Å². The molecule has 2 aromatic rings. The van der Waals surface area contributed by atoms with Crippen LogP contribution in [0.2, 0.25) is 0 Å². The highest BCUT2D eigenvalue weighted by atomic mass is 32.2. The average molecular weight is 446 g/mol. The van der Waals surface area contributed by atoms with Crippen LogP contribution < -0.4 is 15.6 Å². The number of nitrogens with two attached hydrogens (primary N) is 1. The number of nitrogen functional groups attached to an aromatic ring is 1. The smallest absolute Gasteiger partial charge is 0.352 e. The summed E-state index contributed by atoms with van der Waals surface area (Å²) in [4.78, 5) is 53.9. The summed E-state index contributed by atoms with van der Waals surface area (Å²) in [5.74, 6) is -3.28. The minimum Gasteiger partial charge on any atom is -0.477 e. The van der Waals surface area contributed by atoms with Crippen LogP contribution in [0.1, 0.15) is 10.5 Å². The number of carboxylic acid groups (broad SMARTS) is 1. The first-order valence-corrected chi connectivity index (χ1v) is 10.7. The van der Waals surface area contributed by atoms with Gasteiger partial charge in [-0.15, -0.1) is 23.1 Å². The second-order valence-corrected chi connectivity index (χ2v) is 8.56. The molecule has 4 rings (SSSR count). The minimum absolute atomic E-state index is 0.0794. The van der Waals surface area contributed by atoms with Gasteiger partial charge >= 0.3 is 5.97 Å². The molecule has 2 unspecified atom stereocenters. The number of carboxylic acids is 1. The third-order valence-electron chi connectivity index (χ3n) is 4.65. The summed E-state index contributed by atoms with van der Waals surface area (Å²) in [7, 11) is 0. The molecule has 2 atom stereocenters. The Balaban J connectivity index is 1.50. The van der Waals surface area contributed by atoms with Crippen LogP contribution in [0.15, 0.2) is 47.2 Å². The lowest BCUT2D eigenvalue weighted by Crippen LogP contribution is -2.71. The Bertz CT molecular complexity index is 1080. The van der Waals surface area contributed by atoms with Crippen molar-refractivity contribution >= 4 is 51.8 Å². The Hall–Kier alpha value is -3.25. The molecule has 4 heterocycles. The number of hydrogen-bond acceptors (Lipinski definition) is 8. The molecule has 2 amide bonds. The van der Waals surface area contributed by atoms with E-state index >= 15 is 0 Å². The van der Waals surface area contributed by atoms with Crippen molar-refractivity contribution in [2.45, 2.75) is 18.0 Å². The molecule has 2 aliphatic heterocycles. The van der Waals surface area contributed by atoms with Crippen LogP contribution in [0.3, 0.4) is 0 Å².